The molecule has 0 aromatic rings. The summed E-state index contributed by atoms with van der Waals surface area (Å²) in [5.74, 6) is 1.20. The molecule has 57 heavy (non-hydrogen) atoms. The van der Waals surface area contributed by atoms with E-state index >= 15 is 0 Å². The third kappa shape index (κ3) is 43.4. The molecule has 0 bridgehead atoms. The highest BCUT2D eigenvalue weighted by Gasteiger charge is 2.22. The lowest BCUT2D eigenvalue weighted by atomic mass is 10.0. The Hall–Kier alpha value is -0.460. The van der Waals surface area contributed by atoms with E-state index in [1.165, 1.54) is 224 Å². The molecule has 0 heterocycles. The molecule has 0 radical (unpaired) electrons. The van der Waals surface area contributed by atoms with E-state index in [2.05, 4.69) is 58.6 Å². The molecule has 0 saturated carbocycles. The van der Waals surface area contributed by atoms with Crippen LogP contribution < -0.4 is 5.32 Å². The molecule has 0 aromatic heterocycles. The molecular formula is C51H103NO4S. The number of ether oxygens (including phenoxy) is 3. The number of carbonyl (C=O) groups excluding carboxylic acids is 1. The van der Waals surface area contributed by atoms with Crippen LogP contribution in [0, 0.1) is 0 Å². The van der Waals surface area contributed by atoms with Crippen molar-refractivity contribution >= 4 is 17.9 Å². The van der Waals surface area contributed by atoms with Crippen molar-refractivity contribution in [2.75, 3.05) is 32.6 Å². The van der Waals surface area contributed by atoms with Gasteiger partial charge in [-0.1, -0.05) is 219 Å². The Morgan fingerprint density at radius 2 is 0.842 bits per heavy atom. The van der Waals surface area contributed by atoms with Gasteiger partial charge in [-0.2, -0.15) is 11.8 Å². The van der Waals surface area contributed by atoms with E-state index in [0.717, 1.165) is 6.42 Å². The van der Waals surface area contributed by atoms with Crippen LogP contribution in [0.15, 0.2) is 0 Å². The van der Waals surface area contributed by atoms with Gasteiger partial charge >= 0.3 is 6.09 Å². The zero-order valence-electron chi connectivity index (χ0n) is 39.9. The smallest absolute Gasteiger partial charge is 0.407 e. The van der Waals surface area contributed by atoms with Crippen LogP contribution in [0.1, 0.15) is 273 Å². The van der Waals surface area contributed by atoms with Crippen molar-refractivity contribution in [3.63, 3.8) is 0 Å². The van der Waals surface area contributed by atoms with Crippen molar-refractivity contribution in [1.82, 2.24) is 5.32 Å². The third-order valence-corrected chi connectivity index (χ3v) is 13.5. The summed E-state index contributed by atoms with van der Waals surface area (Å²) in [7, 11) is 1.74. The van der Waals surface area contributed by atoms with E-state index in [1.807, 2.05) is 0 Å². The summed E-state index contributed by atoms with van der Waals surface area (Å²) in [6, 6.07) is 0. The van der Waals surface area contributed by atoms with Crippen molar-refractivity contribution < 1.29 is 19.0 Å². The molecule has 1 unspecified atom stereocenters. The quantitative estimate of drug-likeness (QED) is 0.0620. The number of nitrogens with one attached hydrogen (secondary N) is 1. The van der Waals surface area contributed by atoms with E-state index in [4.69, 9.17) is 14.2 Å². The zero-order valence-corrected chi connectivity index (χ0v) is 40.7. The highest BCUT2D eigenvalue weighted by Crippen LogP contribution is 2.23. The van der Waals surface area contributed by atoms with Crippen LogP contribution in [0.3, 0.4) is 0 Å². The van der Waals surface area contributed by atoms with Gasteiger partial charge in [0, 0.05) is 25.3 Å². The van der Waals surface area contributed by atoms with E-state index in [0.29, 0.717) is 31.4 Å². The largest absolute Gasteiger partial charge is 0.449 e. The standard InChI is InChI=1S/C51H103NO4S/c1-8-10-12-14-16-18-20-22-24-26-27-29-31-33-35-37-39-41-48(47-52-49(53)55-44-42-51(5,6)56-45-43-50(3,4)54-7)57-46-40-38-36-34-32-30-28-25-23-21-19-17-15-13-11-9-2/h48H,8-47H2,1-7H3,(H,52,53). The van der Waals surface area contributed by atoms with Crippen molar-refractivity contribution in [3.8, 4) is 0 Å². The lowest BCUT2D eigenvalue weighted by molar-refractivity contribution is -0.0662. The minimum atomic E-state index is -0.345. The second kappa shape index (κ2) is 42.2. The number of rotatable bonds is 46. The lowest BCUT2D eigenvalue weighted by Crippen LogP contribution is -2.34. The Morgan fingerprint density at radius 1 is 0.491 bits per heavy atom. The number of unbranched alkanes of at least 4 members (excludes halogenated alkanes) is 31. The SMILES string of the molecule is CCCCCCCCCCCCCCCCCCCC(CNC(=O)OCCC(C)(C)OCCC(C)(C)OC)SCCCCCCCCCCCCCCCCCC. The van der Waals surface area contributed by atoms with Crippen LogP contribution in [0.2, 0.25) is 0 Å². The zero-order chi connectivity index (χ0) is 42.0. The number of amides is 1. The van der Waals surface area contributed by atoms with Crippen LogP contribution in [0.4, 0.5) is 4.79 Å². The number of alkyl carbamates (subject to hydrolysis) is 1. The van der Waals surface area contributed by atoms with Crippen molar-refractivity contribution in [3.05, 3.63) is 0 Å². The summed E-state index contributed by atoms with van der Waals surface area (Å²) in [6.07, 6.45) is 48.8. The number of methoxy groups -OCH3 is 1. The fourth-order valence-corrected chi connectivity index (χ4v) is 8.87. The topological polar surface area (TPSA) is 56.8 Å². The Labute approximate surface area is 362 Å². The second-order valence-electron chi connectivity index (χ2n) is 18.8. The van der Waals surface area contributed by atoms with Crippen LogP contribution in [-0.2, 0) is 14.2 Å². The minimum Gasteiger partial charge on any atom is -0.449 e. The first-order valence-corrected chi connectivity index (χ1v) is 26.4. The third-order valence-electron chi connectivity index (χ3n) is 12.1. The summed E-state index contributed by atoms with van der Waals surface area (Å²) >= 11 is 2.08. The molecule has 1 N–H and O–H groups in total. The summed E-state index contributed by atoms with van der Waals surface area (Å²) < 4.78 is 17.2. The van der Waals surface area contributed by atoms with E-state index in [1.54, 1.807) is 7.11 Å². The predicted molar refractivity (Wildman–Crippen MR) is 254 cm³/mol. The molecule has 0 aromatic carbocycles. The van der Waals surface area contributed by atoms with Crippen LogP contribution >= 0.6 is 11.8 Å². The van der Waals surface area contributed by atoms with Gasteiger partial charge < -0.3 is 19.5 Å². The highest BCUT2D eigenvalue weighted by atomic mass is 32.2. The minimum absolute atomic E-state index is 0.196. The molecule has 0 aliphatic heterocycles. The molecular weight excluding hydrogens is 723 g/mol. The van der Waals surface area contributed by atoms with Crippen LogP contribution in [-0.4, -0.2) is 55.2 Å². The monoisotopic (exact) mass is 826 g/mol. The van der Waals surface area contributed by atoms with Gasteiger partial charge in [0.25, 0.3) is 0 Å². The maximum Gasteiger partial charge on any atom is 0.407 e. The lowest BCUT2D eigenvalue weighted by Gasteiger charge is -2.28. The van der Waals surface area contributed by atoms with Gasteiger partial charge in [0.2, 0.25) is 0 Å². The molecule has 0 aliphatic carbocycles. The fourth-order valence-electron chi connectivity index (χ4n) is 7.63. The van der Waals surface area contributed by atoms with Gasteiger partial charge in [-0.25, -0.2) is 4.79 Å². The fraction of sp³-hybridized carbons (Fsp3) is 0.980. The maximum absolute atomic E-state index is 12.7. The van der Waals surface area contributed by atoms with Crippen LogP contribution in [0.5, 0.6) is 0 Å². The molecule has 1 amide bonds. The molecule has 1 atom stereocenters. The number of carbonyl (C=O) groups is 1. The summed E-state index contributed by atoms with van der Waals surface area (Å²) in [5, 5.41) is 3.58. The predicted octanol–water partition coefficient (Wildman–Crippen LogP) is 17.1. The first-order valence-electron chi connectivity index (χ1n) is 25.4. The van der Waals surface area contributed by atoms with Crippen molar-refractivity contribution in [2.45, 2.75) is 289 Å². The van der Waals surface area contributed by atoms with Crippen molar-refractivity contribution in [1.29, 1.82) is 0 Å². The normalized spacial score (nSPS) is 12.7. The van der Waals surface area contributed by atoms with Crippen LogP contribution in [0.25, 0.3) is 0 Å². The van der Waals surface area contributed by atoms with Gasteiger partial charge in [0.15, 0.2) is 0 Å². The molecule has 0 aliphatic rings. The van der Waals surface area contributed by atoms with Gasteiger partial charge in [-0.15, -0.1) is 0 Å². The van der Waals surface area contributed by atoms with Gasteiger partial charge in [0.05, 0.1) is 24.4 Å². The molecule has 0 saturated heterocycles. The summed E-state index contributed by atoms with van der Waals surface area (Å²) in [6.45, 7) is 14.6. The number of hydrogen-bond donors (Lipinski definition) is 1. The number of thioether (sulfide) groups is 1. The van der Waals surface area contributed by atoms with Gasteiger partial charge in [-0.3, -0.25) is 0 Å². The molecule has 0 fully saturated rings. The van der Waals surface area contributed by atoms with E-state index in [9.17, 15) is 4.79 Å². The molecule has 342 valence electrons. The number of hydrogen-bond acceptors (Lipinski definition) is 5. The van der Waals surface area contributed by atoms with Crippen molar-refractivity contribution in [2.24, 2.45) is 0 Å². The Bertz CT molecular complexity index is 783. The molecule has 6 heteroatoms. The molecule has 0 spiro atoms. The Balaban J connectivity index is 4.24. The maximum atomic E-state index is 12.7. The summed E-state index contributed by atoms with van der Waals surface area (Å²) in [5.41, 5.74) is -0.540. The first-order chi connectivity index (χ1) is 27.7. The Kier molecular flexibility index (Phi) is 41.9. The second-order valence-corrected chi connectivity index (χ2v) is 20.2. The van der Waals surface area contributed by atoms with Gasteiger partial charge in [0.1, 0.15) is 0 Å². The average molecular weight is 826 g/mol. The molecule has 0 rings (SSSR count). The van der Waals surface area contributed by atoms with Gasteiger partial charge in [-0.05, 0) is 52.7 Å². The highest BCUT2D eigenvalue weighted by molar-refractivity contribution is 7.99. The average Bonchev–Trinajstić information content (AvgIpc) is 3.18. The van der Waals surface area contributed by atoms with E-state index < -0.39 is 0 Å². The van der Waals surface area contributed by atoms with E-state index in [-0.39, 0.29) is 17.3 Å². The summed E-state index contributed by atoms with van der Waals surface area (Å²) in [4.78, 5) is 12.7. The molecule has 5 nitrogen and oxygen atoms in total. The first kappa shape index (κ1) is 56.5. The Morgan fingerprint density at radius 3 is 1.23 bits per heavy atom.